The lowest BCUT2D eigenvalue weighted by molar-refractivity contribution is -0.136. The Morgan fingerprint density at radius 2 is 1.90 bits per heavy atom. The first-order valence-corrected chi connectivity index (χ1v) is 5.79. The van der Waals surface area contributed by atoms with Gasteiger partial charge in [-0.25, -0.2) is 9.97 Å². The molecule has 0 unspecified atom stereocenters. The van der Waals surface area contributed by atoms with Gasteiger partial charge < -0.3 is 10.1 Å². The van der Waals surface area contributed by atoms with Crippen molar-refractivity contribution in [2.24, 2.45) is 0 Å². The van der Waals surface area contributed by atoms with E-state index in [0.717, 1.165) is 12.4 Å². The van der Waals surface area contributed by atoms with E-state index in [9.17, 15) is 13.2 Å². The number of hydrogen-bond acceptors (Lipinski definition) is 4. The number of nitrogens with zero attached hydrogens (tertiary/aromatic N) is 2. The zero-order chi connectivity index (χ0) is 14.8. The highest BCUT2D eigenvalue weighted by Crippen LogP contribution is 2.37. The number of anilines is 2. The van der Waals surface area contributed by atoms with Crippen molar-refractivity contribution in [2.45, 2.75) is 6.18 Å². The first kappa shape index (κ1) is 14.4. The molecule has 0 radical (unpaired) electrons. The Balaban J connectivity index is 2.44. The highest BCUT2D eigenvalue weighted by molar-refractivity contribution is 6.31. The van der Waals surface area contributed by atoms with Crippen molar-refractivity contribution in [3.8, 4) is 5.75 Å². The van der Waals surface area contributed by atoms with Crippen LogP contribution in [0.1, 0.15) is 5.56 Å². The minimum Gasteiger partial charge on any atom is -0.490 e. The lowest BCUT2D eigenvalue weighted by Crippen LogP contribution is -2.09. The first-order valence-electron chi connectivity index (χ1n) is 5.41. The summed E-state index contributed by atoms with van der Waals surface area (Å²) in [7, 11) is 1.32. The van der Waals surface area contributed by atoms with Crippen LogP contribution in [0.15, 0.2) is 30.6 Å². The smallest absolute Gasteiger partial charge is 0.418 e. The fourth-order valence-corrected chi connectivity index (χ4v) is 1.80. The molecule has 1 heterocycles. The molecular formula is C12H9ClF3N3O. The van der Waals surface area contributed by atoms with Crippen LogP contribution in [0.5, 0.6) is 5.75 Å². The van der Waals surface area contributed by atoms with Crippen LogP contribution in [0.25, 0.3) is 0 Å². The van der Waals surface area contributed by atoms with Gasteiger partial charge in [-0.05, 0) is 12.1 Å². The lowest BCUT2D eigenvalue weighted by atomic mass is 10.1. The van der Waals surface area contributed by atoms with E-state index in [0.29, 0.717) is 0 Å². The largest absolute Gasteiger partial charge is 0.490 e. The second kappa shape index (κ2) is 5.54. The average Bonchev–Trinajstić information content (AvgIpc) is 2.38. The van der Waals surface area contributed by atoms with E-state index in [1.807, 2.05) is 0 Å². The van der Waals surface area contributed by atoms with Crippen molar-refractivity contribution in [1.82, 2.24) is 9.97 Å². The number of halogens is 4. The topological polar surface area (TPSA) is 47.0 Å². The quantitative estimate of drug-likeness (QED) is 0.874. The van der Waals surface area contributed by atoms with Gasteiger partial charge in [-0.3, -0.25) is 0 Å². The molecule has 20 heavy (non-hydrogen) atoms. The molecule has 0 aliphatic carbocycles. The van der Waals surface area contributed by atoms with Crippen molar-refractivity contribution in [3.63, 3.8) is 0 Å². The van der Waals surface area contributed by atoms with Gasteiger partial charge in [0.25, 0.3) is 0 Å². The second-order valence-electron chi connectivity index (χ2n) is 3.71. The highest BCUT2D eigenvalue weighted by Gasteiger charge is 2.33. The van der Waals surface area contributed by atoms with Crippen LogP contribution < -0.4 is 10.1 Å². The molecule has 0 saturated carbocycles. The number of nitrogens with one attached hydrogen (secondary N) is 1. The van der Waals surface area contributed by atoms with E-state index in [-0.39, 0.29) is 22.4 Å². The Kier molecular flexibility index (Phi) is 3.99. The summed E-state index contributed by atoms with van der Waals surface area (Å²) in [6, 6.07) is 5.04. The summed E-state index contributed by atoms with van der Waals surface area (Å²) in [6.45, 7) is 0. The Morgan fingerprint density at radius 1 is 1.20 bits per heavy atom. The molecular weight excluding hydrogens is 295 g/mol. The van der Waals surface area contributed by atoms with Crippen molar-refractivity contribution in [3.05, 3.63) is 41.3 Å². The number of para-hydroxylation sites is 1. The van der Waals surface area contributed by atoms with Gasteiger partial charge in [0, 0.05) is 0 Å². The SMILES string of the molecule is COc1c(Cl)ncnc1Nc1ccccc1C(F)(F)F. The van der Waals surface area contributed by atoms with E-state index in [1.165, 1.54) is 25.3 Å². The number of ether oxygens (including phenoxy) is 1. The van der Waals surface area contributed by atoms with Crippen molar-refractivity contribution in [2.75, 3.05) is 12.4 Å². The maximum Gasteiger partial charge on any atom is 0.418 e. The molecule has 1 aromatic carbocycles. The molecule has 8 heteroatoms. The molecule has 0 amide bonds. The maximum absolute atomic E-state index is 12.9. The number of alkyl halides is 3. The van der Waals surface area contributed by atoms with Crippen LogP contribution in [-0.2, 0) is 6.18 Å². The van der Waals surface area contributed by atoms with Gasteiger partial charge in [-0.1, -0.05) is 23.7 Å². The summed E-state index contributed by atoms with van der Waals surface area (Å²) in [5, 5.41) is 2.57. The van der Waals surface area contributed by atoms with Gasteiger partial charge in [0.2, 0.25) is 0 Å². The fraction of sp³-hybridized carbons (Fsp3) is 0.167. The van der Waals surface area contributed by atoms with Crippen LogP contribution >= 0.6 is 11.6 Å². The van der Waals surface area contributed by atoms with Gasteiger partial charge in [-0.15, -0.1) is 0 Å². The number of hydrogen-bond donors (Lipinski definition) is 1. The van der Waals surface area contributed by atoms with Gasteiger partial charge in [-0.2, -0.15) is 13.2 Å². The summed E-state index contributed by atoms with van der Waals surface area (Å²) >= 11 is 5.79. The molecule has 2 aromatic rings. The van der Waals surface area contributed by atoms with Crippen molar-refractivity contribution in [1.29, 1.82) is 0 Å². The third-order valence-corrected chi connectivity index (χ3v) is 2.72. The maximum atomic E-state index is 12.9. The van der Waals surface area contributed by atoms with Gasteiger partial charge in [0.05, 0.1) is 18.4 Å². The van der Waals surface area contributed by atoms with Crippen molar-refractivity contribution < 1.29 is 17.9 Å². The Bertz CT molecular complexity index is 619. The predicted molar refractivity (Wildman–Crippen MR) is 68.3 cm³/mol. The highest BCUT2D eigenvalue weighted by atomic mass is 35.5. The Hall–Kier alpha value is -2.02. The van der Waals surface area contributed by atoms with Gasteiger partial charge in [0.15, 0.2) is 16.7 Å². The predicted octanol–water partition coefficient (Wildman–Crippen LogP) is 3.90. The minimum atomic E-state index is -4.48. The van der Waals surface area contributed by atoms with E-state index in [4.69, 9.17) is 16.3 Å². The zero-order valence-corrected chi connectivity index (χ0v) is 11.0. The monoisotopic (exact) mass is 303 g/mol. The minimum absolute atomic E-state index is 0.00879. The molecule has 0 atom stereocenters. The van der Waals surface area contributed by atoms with E-state index >= 15 is 0 Å². The molecule has 1 aromatic heterocycles. The molecule has 0 aliphatic heterocycles. The first-order chi connectivity index (χ1) is 9.43. The van der Waals surface area contributed by atoms with Crippen LogP contribution in [0.4, 0.5) is 24.7 Å². The van der Waals surface area contributed by atoms with Crippen LogP contribution in [0, 0.1) is 0 Å². The van der Waals surface area contributed by atoms with Gasteiger partial charge in [0.1, 0.15) is 6.33 Å². The van der Waals surface area contributed by atoms with Crippen LogP contribution in [0.3, 0.4) is 0 Å². The second-order valence-corrected chi connectivity index (χ2v) is 4.07. The summed E-state index contributed by atoms with van der Waals surface area (Å²) < 4.78 is 43.6. The number of benzene rings is 1. The summed E-state index contributed by atoms with van der Waals surface area (Å²) in [4.78, 5) is 7.52. The third-order valence-electron chi connectivity index (χ3n) is 2.45. The molecule has 106 valence electrons. The molecule has 0 fully saturated rings. The number of aromatic nitrogens is 2. The summed E-state index contributed by atoms with van der Waals surface area (Å²) in [5.74, 6) is 0.135. The fourth-order valence-electron chi connectivity index (χ4n) is 1.59. The average molecular weight is 304 g/mol. The zero-order valence-electron chi connectivity index (χ0n) is 10.2. The van der Waals surface area contributed by atoms with Crippen molar-refractivity contribution >= 4 is 23.1 Å². The lowest BCUT2D eigenvalue weighted by Gasteiger charge is -2.15. The molecule has 0 saturated heterocycles. The third kappa shape index (κ3) is 2.93. The van der Waals surface area contributed by atoms with E-state index < -0.39 is 11.7 Å². The van der Waals surface area contributed by atoms with Crippen LogP contribution in [-0.4, -0.2) is 17.1 Å². The summed E-state index contributed by atoms with van der Waals surface area (Å²) in [6.07, 6.45) is -3.35. The Morgan fingerprint density at radius 3 is 2.55 bits per heavy atom. The molecule has 0 aliphatic rings. The van der Waals surface area contributed by atoms with E-state index in [2.05, 4.69) is 15.3 Å². The summed E-state index contributed by atoms with van der Waals surface area (Å²) in [5.41, 5.74) is -0.954. The molecule has 4 nitrogen and oxygen atoms in total. The molecule has 0 spiro atoms. The molecule has 2 rings (SSSR count). The van der Waals surface area contributed by atoms with E-state index in [1.54, 1.807) is 0 Å². The molecule has 0 bridgehead atoms. The number of methoxy groups -OCH3 is 1. The van der Waals surface area contributed by atoms with Crippen LogP contribution in [0.2, 0.25) is 5.15 Å². The standard InChI is InChI=1S/C12H9ClF3N3O/c1-20-9-10(13)17-6-18-11(9)19-8-5-3-2-4-7(8)12(14,15)16/h2-6H,1H3,(H,17,18,19). The Labute approximate surface area is 117 Å². The normalized spacial score (nSPS) is 11.2. The molecule has 1 N–H and O–H groups in total. The van der Waals surface area contributed by atoms with Gasteiger partial charge >= 0.3 is 6.18 Å². The number of rotatable bonds is 3.